The number of hydrogen-bond acceptors (Lipinski definition) is 3. The van der Waals surface area contributed by atoms with Gasteiger partial charge in [-0.15, -0.1) is 0 Å². The van der Waals surface area contributed by atoms with Crippen molar-refractivity contribution in [3.05, 3.63) is 34.2 Å². The number of amides is 1. The summed E-state index contributed by atoms with van der Waals surface area (Å²) in [5, 5.41) is 14.1. The summed E-state index contributed by atoms with van der Waals surface area (Å²) in [4.78, 5) is 11.9. The van der Waals surface area contributed by atoms with Crippen molar-refractivity contribution < 1.29 is 4.79 Å². The molecule has 0 radical (unpaired) electrons. The fourth-order valence-electron chi connectivity index (χ4n) is 2.79. The third-order valence-corrected chi connectivity index (χ3v) is 4.59. The van der Waals surface area contributed by atoms with Crippen molar-refractivity contribution in [1.82, 2.24) is 10.2 Å². The highest BCUT2D eigenvalue weighted by Gasteiger charge is 2.18. The molecule has 106 valence electrons. The van der Waals surface area contributed by atoms with Crippen LogP contribution in [0.4, 0.5) is 5.82 Å². The van der Waals surface area contributed by atoms with Gasteiger partial charge in [0.1, 0.15) is 0 Å². The number of thiophene rings is 1. The van der Waals surface area contributed by atoms with Crippen molar-refractivity contribution in [1.29, 1.82) is 0 Å². The van der Waals surface area contributed by atoms with Crippen molar-refractivity contribution in [2.24, 2.45) is 0 Å². The molecule has 0 unspecified atom stereocenters. The Hall–Kier alpha value is -1.62. The van der Waals surface area contributed by atoms with Gasteiger partial charge in [-0.3, -0.25) is 9.89 Å². The predicted octanol–water partition coefficient (Wildman–Crippen LogP) is 3.70. The number of anilines is 1. The molecule has 5 heteroatoms. The third-order valence-electron chi connectivity index (χ3n) is 3.85. The number of carbonyl (C=O) groups excluding carboxylic acids is 1. The Morgan fingerprint density at radius 2 is 2.25 bits per heavy atom. The van der Waals surface area contributed by atoms with Gasteiger partial charge < -0.3 is 5.32 Å². The van der Waals surface area contributed by atoms with Crippen LogP contribution in [0.2, 0.25) is 0 Å². The first-order valence-electron chi connectivity index (χ1n) is 7.17. The average molecular weight is 289 g/mol. The fraction of sp³-hybridized carbons (Fsp3) is 0.467. The normalized spacial score (nSPS) is 16.2. The molecule has 2 aromatic heterocycles. The van der Waals surface area contributed by atoms with E-state index in [1.807, 2.05) is 22.9 Å². The van der Waals surface area contributed by atoms with Gasteiger partial charge in [-0.25, -0.2) is 0 Å². The van der Waals surface area contributed by atoms with Gasteiger partial charge in [0.2, 0.25) is 5.91 Å². The minimum Gasteiger partial charge on any atom is -0.309 e. The van der Waals surface area contributed by atoms with Crippen molar-refractivity contribution >= 4 is 23.1 Å². The second-order valence-electron chi connectivity index (χ2n) is 5.40. The van der Waals surface area contributed by atoms with E-state index in [1.54, 1.807) is 11.3 Å². The Kier molecular flexibility index (Phi) is 4.16. The highest BCUT2D eigenvalue weighted by molar-refractivity contribution is 7.08. The molecule has 1 saturated carbocycles. The first-order chi connectivity index (χ1) is 9.81. The van der Waals surface area contributed by atoms with Crippen LogP contribution in [-0.4, -0.2) is 16.1 Å². The molecule has 1 amide bonds. The molecule has 0 saturated heterocycles. The van der Waals surface area contributed by atoms with Crippen molar-refractivity contribution in [2.75, 3.05) is 5.32 Å². The van der Waals surface area contributed by atoms with E-state index in [2.05, 4.69) is 15.5 Å². The monoisotopic (exact) mass is 289 g/mol. The van der Waals surface area contributed by atoms with Crippen molar-refractivity contribution in [3.63, 3.8) is 0 Å². The lowest BCUT2D eigenvalue weighted by molar-refractivity contribution is -0.115. The zero-order chi connectivity index (χ0) is 13.8. The van der Waals surface area contributed by atoms with E-state index in [-0.39, 0.29) is 5.91 Å². The van der Waals surface area contributed by atoms with E-state index in [4.69, 9.17) is 0 Å². The third kappa shape index (κ3) is 3.28. The first kappa shape index (κ1) is 13.4. The Morgan fingerprint density at radius 1 is 1.40 bits per heavy atom. The Bertz CT molecular complexity index is 555. The Morgan fingerprint density at radius 3 is 3.00 bits per heavy atom. The van der Waals surface area contributed by atoms with E-state index in [9.17, 15) is 4.79 Å². The molecule has 0 aromatic carbocycles. The van der Waals surface area contributed by atoms with Crippen LogP contribution in [0.5, 0.6) is 0 Å². The summed E-state index contributed by atoms with van der Waals surface area (Å²) in [6, 6.07) is 3.96. The molecular formula is C15H19N3OS. The van der Waals surface area contributed by atoms with Crippen LogP contribution in [0.3, 0.4) is 0 Å². The molecule has 0 spiro atoms. The van der Waals surface area contributed by atoms with E-state index in [0.717, 1.165) is 11.3 Å². The average Bonchev–Trinajstić information content (AvgIpc) is 3.11. The second kappa shape index (κ2) is 6.22. The lowest BCUT2D eigenvalue weighted by atomic mass is 9.87. The van der Waals surface area contributed by atoms with Gasteiger partial charge in [-0.2, -0.15) is 16.4 Å². The predicted molar refractivity (Wildman–Crippen MR) is 81.1 cm³/mol. The summed E-state index contributed by atoms with van der Waals surface area (Å²) in [7, 11) is 0. The zero-order valence-corrected chi connectivity index (χ0v) is 12.2. The molecule has 0 aliphatic heterocycles. The molecule has 4 nitrogen and oxygen atoms in total. The molecule has 1 aliphatic carbocycles. The SMILES string of the molecule is O=C(Cc1ccsc1)Nc1cc(C2CCCCC2)[nH]n1. The van der Waals surface area contributed by atoms with E-state index >= 15 is 0 Å². The number of nitrogens with one attached hydrogen (secondary N) is 2. The van der Waals surface area contributed by atoms with Crippen LogP contribution in [0.15, 0.2) is 22.9 Å². The minimum atomic E-state index is -0.00917. The molecule has 2 aromatic rings. The van der Waals surface area contributed by atoms with Gasteiger partial charge in [-0.05, 0) is 35.2 Å². The number of nitrogens with zero attached hydrogens (tertiary/aromatic N) is 1. The molecule has 3 rings (SSSR count). The van der Waals surface area contributed by atoms with Gasteiger partial charge in [0.05, 0.1) is 6.42 Å². The number of carbonyl (C=O) groups is 1. The summed E-state index contributed by atoms with van der Waals surface area (Å²) < 4.78 is 0. The highest BCUT2D eigenvalue weighted by Crippen LogP contribution is 2.32. The summed E-state index contributed by atoms with van der Waals surface area (Å²) >= 11 is 1.61. The van der Waals surface area contributed by atoms with Crippen LogP contribution in [0, 0.1) is 0 Å². The van der Waals surface area contributed by atoms with Gasteiger partial charge >= 0.3 is 0 Å². The van der Waals surface area contributed by atoms with E-state index in [1.165, 1.54) is 32.1 Å². The second-order valence-corrected chi connectivity index (χ2v) is 6.18. The minimum absolute atomic E-state index is 0.00917. The summed E-state index contributed by atoms with van der Waals surface area (Å²) in [5.74, 6) is 1.22. The van der Waals surface area contributed by atoms with Crippen molar-refractivity contribution in [3.8, 4) is 0 Å². The number of hydrogen-bond donors (Lipinski definition) is 2. The molecule has 1 aliphatic rings. The maximum atomic E-state index is 11.9. The standard InChI is InChI=1S/C15H19N3OS/c19-15(8-11-6-7-20-10-11)16-14-9-13(17-18-14)12-4-2-1-3-5-12/h6-7,9-10,12H,1-5,8H2,(H2,16,17,18,19). The molecule has 0 atom stereocenters. The summed E-state index contributed by atoms with van der Waals surface area (Å²) in [6.07, 6.45) is 6.80. The molecular weight excluding hydrogens is 270 g/mol. The van der Waals surface area contributed by atoms with Crippen LogP contribution < -0.4 is 5.32 Å². The molecule has 2 heterocycles. The first-order valence-corrected chi connectivity index (χ1v) is 8.12. The van der Waals surface area contributed by atoms with Crippen molar-refractivity contribution in [2.45, 2.75) is 44.4 Å². The maximum Gasteiger partial charge on any atom is 0.230 e. The Balaban J connectivity index is 1.57. The van der Waals surface area contributed by atoms with Gasteiger partial charge in [0.15, 0.2) is 5.82 Å². The summed E-state index contributed by atoms with van der Waals surface area (Å²) in [6.45, 7) is 0. The molecule has 20 heavy (non-hydrogen) atoms. The topological polar surface area (TPSA) is 57.8 Å². The number of aromatic nitrogens is 2. The van der Waals surface area contributed by atoms with Gasteiger partial charge in [0, 0.05) is 17.7 Å². The van der Waals surface area contributed by atoms with E-state index < -0.39 is 0 Å². The number of H-pyrrole nitrogens is 1. The van der Waals surface area contributed by atoms with E-state index in [0.29, 0.717) is 18.2 Å². The fourth-order valence-corrected chi connectivity index (χ4v) is 3.46. The molecule has 2 N–H and O–H groups in total. The van der Waals surface area contributed by atoms with Crippen LogP contribution in [0.25, 0.3) is 0 Å². The van der Waals surface area contributed by atoms with Crippen LogP contribution >= 0.6 is 11.3 Å². The molecule has 1 fully saturated rings. The quantitative estimate of drug-likeness (QED) is 0.901. The van der Waals surface area contributed by atoms with Crippen LogP contribution in [-0.2, 0) is 11.2 Å². The van der Waals surface area contributed by atoms with Gasteiger partial charge in [0.25, 0.3) is 0 Å². The number of rotatable bonds is 4. The lowest BCUT2D eigenvalue weighted by Crippen LogP contribution is -2.14. The maximum absolute atomic E-state index is 11.9. The number of aromatic amines is 1. The lowest BCUT2D eigenvalue weighted by Gasteiger charge is -2.19. The summed E-state index contributed by atoms with van der Waals surface area (Å²) in [5.41, 5.74) is 2.21. The highest BCUT2D eigenvalue weighted by atomic mass is 32.1. The smallest absolute Gasteiger partial charge is 0.230 e. The largest absolute Gasteiger partial charge is 0.309 e. The van der Waals surface area contributed by atoms with Crippen LogP contribution in [0.1, 0.15) is 49.3 Å². The molecule has 0 bridgehead atoms. The Labute approximate surface area is 122 Å². The van der Waals surface area contributed by atoms with Gasteiger partial charge in [-0.1, -0.05) is 19.3 Å². The zero-order valence-electron chi connectivity index (χ0n) is 11.4.